The number of nitrogens with zero attached hydrogens (tertiary/aromatic N) is 4. The van der Waals surface area contributed by atoms with E-state index in [1.165, 1.54) is 66.4 Å². The maximum absolute atomic E-state index is 3.59. The van der Waals surface area contributed by atoms with Gasteiger partial charge in [-0.25, -0.2) is 0 Å². The van der Waals surface area contributed by atoms with Crippen LogP contribution in [-0.2, 0) is 0 Å². The van der Waals surface area contributed by atoms with Crippen molar-refractivity contribution in [1.82, 2.24) is 18.3 Å². The second kappa shape index (κ2) is 10.9. The molecule has 0 aliphatic rings. The lowest BCUT2D eigenvalue weighted by atomic mass is 10.1. The van der Waals surface area contributed by atoms with Gasteiger partial charge in [0.05, 0.1) is 22.1 Å². The molecule has 0 unspecified atom stereocenters. The van der Waals surface area contributed by atoms with Gasteiger partial charge >= 0.3 is 0 Å². The highest BCUT2D eigenvalue weighted by Gasteiger charge is 2.18. The Morgan fingerprint density at radius 2 is 0.667 bits per heavy atom. The van der Waals surface area contributed by atoms with Gasteiger partial charge in [0.25, 0.3) is 0 Å². The molecule has 0 N–H and O–H groups in total. The largest absolute Gasteiger partial charge is 0.314 e. The van der Waals surface area contributed by atoms with Crippen molar-refractivity contribution in [2.45, 2.75) is 27.7 Å². The van der Waals surface area contributed by atoms with Gasteiger partial charge in [0, 0.05) is 76.0 Å². The van der Waals surface area contributed by atoms with E-state index in [2.05, 4.69) is 199 Å². The average Bonchev–Trinajstić information content (AvgIpc) is 3.80. The van der Waals surface area contributed by atoms with Crippen molar-refractivity contribution in [2.24, 2.45) is 0 Å². The highest BCUT2D eigenvalue weighted by Crippen LogP contribution is 2.37. The average molecular weight is 753 g/mol. The lowest BCUT2D eigenvalue weighted by Gasteiger charge is -2.14. The van der Waals surface area contributed by atoms with Crippen LogP contribution in [0, 0.1) is 27.7 Å². The fourth-order valence-corrected chi connectivity index (χ4v) is 8.30. The molecule has 9 rings (SSSR count). The number of hydrogen-bond donors (Lipinski definition) is 0. The van der Waals surface area contributed by atoms with Crippen molar-refractivity contribution in [1.29, 1.82) is 0 Å². The van der Waals surface area contributed by atoms with Crippen LogP contribution in [0.4, 0.5) is 0 Å². The summed E-state index contributed by atoms with van der Waals surface area (Å²) in [6.45, 7) is 8.80. The lowest BCUT2D eigenvalue weighted by Crippen LogP contribution is -2.00. The number of aromatic nitrogens is 4. The molecule has 0 amide bonds. The minimum absolute atomic E-state index is 1.08. The lowest BCUT2D eigenvalue weighted by molar-refractivity contribution is 1.03. The number of benzene rings is 5. The first-order valence-corrected chi connectivity index (χ1v) is 17.7. The summed E-state index contributed by atoms with van der Waals surface area (Å²) in [6, 6.07) is 44.4. The molecule has 5 aromatic carbocycles. The molecule has 48 heavy (non-hydrogen) atoms. The quantitative estimate of drug-likeness (QED) is 0.171. The van der Waals surface area contributed by atoms with E-state index in [1.54, 1.807) is 0 Å². The van der Waals surface area contributed by atoms with Gasteiger partial charge in [-0.2, -0.15) is 0 Å². The normalized spacial score (nSPS) is 12.0. The van der Waals surface area contributed by atoms with Gasteiger partial charge in [0.2, 0.25) is 0 Å². The molecular weight excluding hydrogens is 720 g/mol. The van der Waals surface area contributed by atoms with Crippen LogP contribution in [-0.4, -0.2) is 18.3 Å². The fourth-order valence-electron chi connectivity index (χ4n) is 7.78. The van der Waals surface area contributed by atoms with Crippen molar-refractivity contribution < 1.29 is 0 Å². The third-order valence-corrected chi connectivity index (χ3v) is 10.8. The summed E-state index contributed by atoms with van der Waals surface area (Å²) in [5.41, 5.74) is 14.4. The molecule has 0 aliphatic heterocycles. The zero-order valence-corrected chi connectivity index (χ0v) is 30.3. The number of fused-ring (bicyclic) bond motifs is 6. The molecule has 0 saturated carbocycles. The first-order chi connectivity index (χ1) is 23.3. The Kier molecular flexibility index (Phi) is 6.65. The molecule has 0 fully saturated rings. The summed E-state index contributed by atoms with van der Waals surface area (Å²) in [6.07, 6.45) is 0. The maximum atomic E-state index is 3.59. The predicted octanol–water partition coefficient (Wildman–Crippen LogP) is 12.2. The summed E-state index contributed by atoms with van der Waals surface area (Å²) >= 11 is 7.18. The fraction of sp³-hybridized carbons (Fsp3) is 0.0952. The summed E-state index contributed by atoms with van der Waals surface area (Å²) < 4.78 is 11.7. The zero-order valence-electron chi connectivity index (χ0n) is 27.1. The number of aryl methyl sites for hydroxylation is 4. The molecule has 6 heteroatoms. The van der Waals surface area contributed by atoms with E-state index in [-0.39, 0.29) is 0 Å². The molecule has 0 spiro atoms. The maximum Gasteiger partial charge on any atom is 0.0625 e. The van der Waals surface area contributed by atoms with Crippen LogP contribution in [0.5, 0.6) is 0 Å². The summed E-state index contributed by atoms with van der Waals surface area (Å²) in [4.78, 5) is 0. The SMILES string of the molecule is Cc1cc2c(ccc3cc(C)n(-c4ccc(-n5c(C)cc6ccc7c(cc(C)n7-c7ccc(Br)cc7)c65)cc4)c32)n1-c1ccc(Br)cc1. The molecule has 4 aromatic heterocycles. The third-order valence-electron chi connectivity index (χ3n) is 9.76. The van der Waals surface area contributed by atoms with Crippen LogP contribution in [0.2, 0.25) is 0 Å². The van der Waals surface area contributed by atoms with E-state index >= 15 is 0 Å². The van der Waals surface area contributed by atoms with Crippen LogP contribution < -0.4 is 0 Å². The molecule has 234 valence electrons. The molecule has 4 nitrogen and oxygen atoms in total. The van der Waals surface area contributed by atoms with E-state index in [4.69, 9.17) is 0 Å². The van der Waals surface area contributed by atoms with Gasteiger partial charge in [-0.05, 0) is 137 Å². The van der Waals surface area contributed by atoms with E-state index in [9.17, 15) is 0 Å². The van der Waals surface area contributed by atoms with Crippen molar-refractivity contribution in [3.05, 3.63) is 153 Å². The van der Waals surface area contributed by atoms with Gasteiger partial charge < -0.3 is 18.3 Å². The molecule has 4 heterocycles. The predicted molar refractivity (Wildman–Crippen MR) is 208 cm³/mol. The third kappa shape index (κ3) is 4.39. The summed E-state index contributed by atoms with van der Waals surface area (Å²) in [5, 5.41) is 5.01. The molecule has 0 saturated heterocycles. The van der Waals surface area contributed by atoms with Crippen molar-refractivity contribution in [3.8, 4) is 22.7 Å². The van der Waals surface area contributed by atoms with Crippen molar-refractivity contribution in [2.75, 3.05) is 0 Å². The van der Waals surface area contributed by atoms with Gasteiger partial charge in [-0.15, -0.1) is 0 Å². The van der Waals surface area contributed by atoms with Gasteiger partial charge in [-0.1, -0.05) is 44.0 Å². The minimum atomic E-state index is 1.08. The van der Waals surface area contributed by atoms with Crippen LogP contribution in [0.25, 0.3) is 66.4 Å². The van der Waals surface area contributed by atoms with E-state index < -0.39 is 0 Å². The minimum Gasteiger partial charge on any atom is -0.314 e. The number of rotatable bonds is 4. The van der Waals surface area contributed by atoms with Crippen LogP contribution in [0.15, 0.2) is 130 Å². The van der Waals surface area contributed by atoms with Gasteiger partial charge in [0.1, 0.15) is 0 Å². The number of halogens is 2. The molecule has 0 atom stereocenters. The Morgan fingerprint density at radius 1 is 0.354 bits per heavy atom. The summed E-state index contributed by atoms with van der Waals surface area (Å²) in [7, 11) is 0. The van der Waals surface area contributed by atoms with Crippen molar-refractivity contribution in [3.63, 3.8) is 0 Å². The Bertz CT molecular complexity index is 2510. The van der Waals surface area contributed by atoms with Crippen LogP contribution in [0.1, 0.15) is 22.8 Å². The van der Waals surface area contributed by atoms with Crippen molar-refractivity contribution >= 4 is 75.5 Å². The van der Waals surface area contributed by atoms with E-state index in [0.717, 1.165) is 31.7 Å². The highest BCUT2D eigenvalue weighted by molar-refractivity contribution is 9.10. The Hall–Kier alpha value is -4.78. The molecular formula is C42H32Br2N4. The Morgan fingerprint density at radius 3 is 1.04 bits per heavy atom. The molecule has 0 bridgehead atoms. The van der Waals surface area contributed by atoms with E-state index in [1.807, 2.05) is 0 Å². The highest BCUT2D eigenvalue weighted by atomic mass is 79.9. The topological polar surface area (TPSA) is 19.7 Å². The Labute approximate surface area is 295 Å². The van der Waals surface area contributed by atoms with Crippen LogP contribution in [0.3, 0.4) is 0 Å². The van der Waals surface area contributed by atoms with Gasteiger partial charge in [0.15, 0.2) is 0 Å². The zero-order chi connectivity index (χ0) is 32.8. The van der Waals surface area contributed by atoms with Crippen LogP contribution >= 0.6 is 31.9 Å². The second-order valence-electron chi connectivity index (χ2n) is 12.8. The smallest absolute Gasteiger partial charge is 0.0625 e. The van der Waals surface area contributed by atoms with E-state index in [0.29, 0.717) is 0 Å². The summed E-state index contributed by atoms with van der Waals surface area (Å²) in [5.74, 6) is 0. The molecule has 9 aromatic rings. The molecule has 0 radical (unpaired) electrons. The second-order valence-corrected chi connectivity index (χ2v) is 14.7. The monoisotopic (exact) mass is 750 g/mol. The first-order valence-electron chi connectivity index (χ1n) is 16.2. The molecule has 0 aliphatic carbocycles. The number of hydrogen-bond acceptors (Lipinski definition) is 0. The Balaban J connectivity index is 1.19. The standard InChI is InChI=1S/C42H32Br2N4/c1-25-21-29-5-19-39-37(23-27(3)45(39)33-11-7-31(43)8-12-33)41(29)47(25)35-15-17-36(18-16-35)48-26(2)22-30-6-20-40-38(42(30)48)24-28(4)46(40)34-13-9-32(44)10-14-34/h5-24H,1-4H3. The van der Waals surface area contributed by atoms with Gasteiger partial charge in [-0.3, -0.25) is 0 Å². The first kappa shape index (κ1) is 29.4.